The van der Waals surface area contributed by atoms with Crippen molar-refractivity contribution in [1.29, 1.82) is 0 Å². The molecule has 29 heavy (non-hydrogen) atoms. The van der Waals surface area contributed by atoms with Crippen molar-refractivity contribution in [2.24, 2.45) is 0 Å². The Labute approximate surface area is 178 Å². The first-order valence-corrected chi connectivity index (χ1v) is 11.0. The van der Waals surface area contributed by atoms with E-state index in [9.17, 15) is 5.11 Å². The number of hydrogen-bond donors (Lipinski definition) is 1. The number of nitrogens with zero attached hydrogens (tertiary/aromatic N) is 4. The van der Waals surface area contributed by atoms with Gasteiger partial charge in [-0.3, -0.25) is 9.80 Å². The van der Waals surface area contributed by atoms with Crippen molar-refractivity contribution in [3.63, 3.8) is 0 Å². The Morgan fingerprint density at radius 3 is 2.45 bits per heavy atom. The van der Waals surface area contributed by atoms with E-state index in [1.54, 1.807) is 0 Å². The van der Waals surface area contributed by atoms with Crippen molar-refractivity contribution in [2.75, 3.05) is 44.7 Å². The predicted octanol–water partition coefficient (Wildman–Crippen LogP) is 2.92. The van der Waals surface area contributed by atoms with E-state index < -0.39 is 0 Å². The van der Waals surface area contributed by atoms with E-state index in [1.165, 1.54) is 5.56 Å². The molecule has 1 aromatic carbocycles. The molecule has 6 heteroatoms. The average Bonchev–Trinajstić information content (AvgIpc) is 2.76. The van der Waals surface area contributed by atoms with Crippen LogP contribution in [0.15, 0.2) is 48.7 Å². The van der Waals surface area contributed by atoms with Crippen LogP contribution in [0.4, 0.5) is 5.82 Å². The summed E-state index contributed by atoms with van der Waals surface area (Å²) >= 11 is 6.07. The number of aliphatic hydroxyl groups is 1. The molecule has 0 amide bonds. The quantitative estimate of drug-likeness (QED) is 0.814. The lowest BCUT2D eigenvalue weighted by Gasteiger charge is -2.50. The highest BCUT2D eigenvalue weighted by Crippen LogP contribution is 2.27. The van der Waals surface area contributed by atoms with E-state index in [2.05, 4.69) is 51.0 Å². The summed E-state index contributed by atoms with van der Waals surface area (Å²) in [5, 5.41) is 10.7. The van der Waals surface area contributed by atoms with E-state index in [-0.39, 0.29) is 12.6 Å². The van der Waals surface area contributed by atoms with Gasteiger partial charge in [0.1, 0.15) is 5.82 Å². The third-order valence-electron chi connectivity index (χ3n) is 6.51. The van der Waals surface area contributed by atoms with Gasteiger partial charge in [-0.1, -0.05) is 29.8 Å². The summed E-state index contributed by atoms with van der Waals surface area (Å²) in [7, 11) is 2.14. The van der Waals surface area contributed by atoms with Gasteiger partial charge >= 0.3 is 0 Å². The van der Waals surface area contributed by atoms with E-state index in [0.29, 0.717) is 12.1 Å². The smallest absolute Gasteiger partial charge is 0.128 e. The minimum Gasteiger partial charge on any atom is -0.395 e. The van der Waals surface area contributed by atoms with Crippen LogP contribution in [0.3, 0.4) is 0 Å². The third kappa shape index (κ3) is 4.92. The van der Waals surface area contributed by atoms with Gasteiger partial charge in [0.25, 0.3) is 0 Å². The van der Waals surface area contributed by atoms with Crippen molar-refractivity contribution in [2.45, 2.75) is 37.4 Å². The molecule has 1 N–H and O–H groups in total. The molecule has 0 bridgehead atoms. The molecule has 5 nitrogen and oxygen atoms in total. The molecule has 2 aliphatic rings. The number of anilines is 1. The van der Waals surface area contributed by atoms with Crippen molar-refractivity contribution >= 4 is 17.4 Å². The Kier molecular flexibility index (Phi) is 6.70. The predicted molar refractivity (Wildman–Crippen MR) is 119 cm³/mol. The summed E-state index contributed by atoms with van der Waals surface area (Å²) in [4.78, 5) is 11.9. The summed E-state index contributed by atoms with van der Waals surface area (Å²) < 4.78 is 0. The fourth-order valence-electron chi connectivity index (χ4n) is 4.80. The largest absolute Gasteiger partial charge is 0.395 e. The van der Waals surface area contributed by atoms with Crippen LogP contribution >= 0.6 is 11.6 Å². The van der Waals surface area contributed by atoms with Gasteiger partial charge in [-0.25, -0.2) is 4.98 Å². The maximum atomic E-state index is 9.88. The zero-order valence-corrected chi connectivity index (χ0v) is 17.9. The molecule has 4 rings (SSSR count). The summed E-state index contributed by atoms with van der Waals surface area (Å²) in [6.07, 6.45) is 5.15. The Morgan fingerprint density at radius 2 is 1.79 bits per heavy atom. The van der Waals surface area contributed by atoms with Gasteiger partial charge in [0.2, 0.25) is 0 Å². The average molecular weight is 415 g/mol. The molecule has 3 heterocycles. The van der Waals surface area contributed by atoms with Gasteiger partial charge in [0, 0.05) is 55.5 Å². The molecule has 2 saturated heterocycles. The van der Waals surface area contributed by atoms with Gasteiger partial charge in [0.15, 0.2) is 0 Å². The number of rotatable bonds is 5. The van der Waals surface area contributed by atoms with Gasteiger partial charge < -0.3 is 10.0 Å². The van der Waals surface area contributed by atoms with Crippen LogP contribution in [0, 0.1) is 0 Å². The zero-order chi connectivity index (χ0) is 20.2. The van der Waals surface area contributed by atoms with Crippen molar-refractivity contribution in [3.05, 3.63) is 59.2 Å². The first-order chi connectivity index (χ1) is 14.1. The van der Waals surface area contributed by atoms with Gasteiger partial charge in [-0.2, -0.15) is 0 Å². The molecule has 2 aliphatic heterocycles. The molecule has 1 aromatic heterocycles. The van der Waals surface area contributed by atoms with Crippen molar-refractivity contribution < 1.29 is 5.11 Å². The van der Waals surface area contributed by atoms with Gasteiger partial charge in [-0.15, -0.1) is 0 Å². The summed E-state index contributed by atoms with van der Waals surface area (Å²) in [5.41, 5.74) is 1.33. The lowest BCUT2D eigenvalue weighted by molar-refractivity contribution is -0.0106. The van der Waals surface area contributed by atoms with Crippen LogP contribution < -0.4 is 4.90 Å². The molecule has 156 valence electrons. The molecule has 0 unspecified atom stereocenters. The fourth-order valence-corrected chi connectivity index (χ4v) is 4.93. The van der Waals surface area contributed by atoms with E-state index >= 15 is 0 Å². The standard InChI is InChI=1S/C23H31ClN4O/c1-26-15-21(14-18-5-7-19(24)8-6-18)28(16-22(26)17-29)20-9-12-27(13-10-20)23-4-2-3-11-25-23/h2-8,11,20-22,29H,9-10,12-17H2,1H3/t21-,22+/m0/s1. The minimum atomic E-state index is 0.213. The van der Waals surface area contributed by atoms with Crippen molar-refractivity contribution in [1.82, 2.24) is 14.8 Å². The number of aliphatic hydroxyl groups excluding tert-OH is 1. The van der Waals surface area contributed by atoms with Crippen molar-refractivity contribution in [3.8, 4) is 0 Å². The second kappa shape index (κ2) is 9.43. The molecule has 0 aliphatic carbocycles. The molecule has 0 radical (unpaired) electrons. The Morgan fingerprint density at radius 1 is 1.03 bits per heavy atom. The Bertz CT molecular complexity index is 764. The molecule has 0 spiro atoms. The summed E-state index contributed by atoms with van der Waals surface area (Å²) in [6.45, 7) is 4.19. The molecule has 2 atom stereocenters. The lowest BCUT2D eigenvalue weighted by Crippen LogP contribution is -2.62. The van der Waals surface area contributed by atoms with Crippen LogP contribution in [0.5, 0.6) is 0 Å². The minimum absolute atomic E-state index is 0.213. The van der Waals surface area contributed by atoms with Crippen LogP contribution in [0.25, 0.3) is 0 Å². The number of piperazine rings is 1. The van der Waals surface area contributed by atoms with Gasteiger partial charge in [0.05, 0.1) is 6.61 Å². The first-order valence-electron chi connectivity index (χ1n) is 10.6. The second-order valence-electron chi connectivity index (χ2n) is 8.36. The monoisotopic (exact) mass is 414 g/mol. The molecular weight excluding hydrogens is 384 g/mol. The third-order valence-corrected chi connectivity index (χ3v) is 6.77. The second-order valence-corrected chi connectivity index (χ2v) is 8.80. The topological polar surface area (TPSA) is 42.8 Å². The fraction of sp³-hybridized carbons (Fsp3) is 0.522. The van der Waals surface area contributed by atoms with Gasteiger partial charge in [-0.05, 0) is 56.1 Å². The van der Waals surface area contributed by atoms with Crippen LogP contribution in [-0.2, 0) is 6.42 Å². The highest BCUT2D eigenvalue weighted by Gasteiger charge is 2.36. The number of benzene rings is 1. The molecule has 0 saturated carbocycles. The number of piperidine rings is 1. The zero-order valence-electron chi connectivity index (χ0n) is 17.1. The Hall–Kier alpha value is -1.66. The SMILES string of the molecule is CN1C[C@H](Cc2ccc(Cl)cc2)N(C2CCN(c3ccccn3)CC2)C[C@@H]1CO. The molecule has 2 aromatic rings. The number of aromatic nitrogens is 1. The lowest BCUT2D eigenvalue weighted by atomic mass is 9.94. The Balaban J connectivity index is 1.45. The number of hydrogen-bond acceptors (Lipinski definition) is 5. The van der Waals surface area contributed by atoms with Crippen LogP contribution in [0.2, 0.25) is 5.02 Å². The summed E-state index contributed by atoms with van der Waals surface area (Å²) in [5.74, 6) is 1.08. The van der Waals surface area contributed by atoms with Crippen LogP contribution in [-0.4, -0.2) is 77.8 Å². The maximum absolute atomic E-state index is 9.88. The van der Waals surface area contributed by atoms with E-state index in [4.69, 9.17) is 11.6 Å². The number of pyridine rings is 1. The first kappa shape index (κ1) is 20.6. The summed E-state index contributed by atoms with van der Waals surface area (Å²) in [6, 6.07) is 15.6. The normalized spacial score (nSPS) is 24.7. The molecular formula is C23H31ClN4O. The number of halogens is 1. The molecule has 2 fully saturated rings. The van der Waals surface area contributed by atoms with E-state index in [0.717, 1.165) is 56.3 Å². The highest BCUT2D eigenvalue weighted by atomic mass is 35.5. The van der Waals surface area contributed by atoms with E-state index in [1.807, 2.05) is 24.4 Å². The van der Waals surface area contributed by atoms with Crippen LogP contribution in [0.1, 0.15) is 18.4 Å². The maximum Gasteiger partial charge on any atom is 0.128 e. The highest BCUT2D eigenvalue weighted by molar-refractivity contribution is 6.30. The number of likely N-dealkylation sites (N-methyl/N-ethyl adjacent to an activating group) is 1.